The maximum absolute atomic E-state index is 2.35. The summed E-state index contributed by atoms with van der Waals surface area (Å²) in [5, 5.41) is 2.97. The van der Waals surface area contributed by atoms with Crippen molar-refractivity contribution in [1.82, 2.24) is 0 Å². The molecule has 0 aliphatic carbocycles. The molecule has 0 radical (unpaired) electrons. The minimum atomic E-state index is 1.20. The van der Waals surface area contributed by atoms with Crippen molar-refractivity contribution in [2.45, 2.75) is 39.5 Å². The van der Waals surface area contributed by atoms with Gasteiger partial charge in [0.15, 0.2) is 0 Å². The van der Waals surface area contributed by atoms with E-state index in [0.717, 1.165) is 0 Å². The van der Waals surface area contributed by atoms with Gasteiger partial charge in [0.1, 0.15) is 0 Å². The summed E-state index contributed by atoms with van der Waals surface area (Å²) in [5.74, 6) is 0. The molecule has 0 amide bonds. The smallest absolute Gasteiger partial charge is 0.0358 e. The predicted octanol–water partition coefficient (Wildman–Crippen LogP) is 5.96. The van der Waals surface area contributed by atoms with E-state index in [2.05, 4.69) is 50.2 Å². The summed E-state index contributed by atoms with van der Waals surface area (Å²) >= 11 is 1.93. The number of rotatable bonds is 4. The van der Waals surface area contributed by atoms with E-state index in [-0.39, 0.29) is 0 Å². The summed E-state index contributed by atoms with van der Waals surface area (Å²) in [6.45, 7) is 4.55. The number of thiophene rings is 1. The van der Waals surface area contributed by atoms with Crippen molar-refractivity contribution in [3.8, 4) is 0 Å². The van der Waals surface area contributed by atoms with Crippen molar-refractivity contribution < 1.29 is 0 Å². The molecular formula is C18H20S. The molecule has 2 aromatic carbocycles. The largest absolute Gasteiger partial charge is 0.135 e. The zero-order valence-corrected chi connectivity index (χ0v) is 12.5. The lowest BCUT2D eigenvalue weighted by molar-refractivity contribution is 0.869. The van der Waals surface area contributed by atoms with Crippen molar-refractivity contribution in [3.05, 3.63) is 47.5 Å². The quantitative estimate of drug-likeness (QED) is 0.547. The van der Waals surface area contributed by atoms with Crippen LogP contribution in [0.5, 0.6) is 0 Å². The van der Waals surface area contributed by atoms with Crippen LogP contribution in [0.2, 0.25) is 0 Å². The van der Waals surface area contributed by atoms with Gasteiger partial charge in [-0.3, -0.25) is 0 Å². The van der Waals surface area contributed by atoms with Crippen molar-refractivity contribution in [1.29, 1.82) is 0 Å². The molecule has 1 heteroatoms. The van der Waals surface area contributed by atoms with E-state index in [0.29, 0.717) is 0 Å². The second kappa shape index (κ2) is 5.34. The van der Waals surface area contributed by atoms with Gasteiger partial charge in [0.25, 0.3) is 0 Å². The van der Waals surface area contributed by atoms with Crippen LogP contribution in [0, 0.1) is 0 Å². The minimum absolute atomic E-state index is 1.20. The van der Waals surface area contributed by atoms with Gasteiger partial charge in [0.05, 0.1) is 0 Å². The summed E-state index contributed by atoms with van der Waals surface area (Å²) < 4.78 is 2.87. The zero-order valence-electron chi connectivity index (χ0n) is 11.7. The maximum Gasteiger partial charge on any atom is 0.0358 e. The summed E-state index contributed by atoms with van der Waals surface area (Å²) in [6.07, 6.45) is 4.85. The molecule has 0 atom stereocenters. The Balaban J connectivity index is 2.35. The molecule has 0 saturated carbocycles. The van der Waals surface area contributed by atoms with Crippen LogP contribution < -0.4 is 0 Å². The van der Waals surface area contributed by atoms with Gasteiger partial charge in [-0.1, -0.05) is 51.0 Å². The lowest BCUT2D eigenvalue weighted by Gasteiger charge is -2.10. The average molecular weight is 268 g/mol. The van der Waals surface area contributed by atoms with Crippen molar-refractivity contribution >= 4 is 31.5 Å². The van der Waals surface area contributed by atoms with Gasteiger partial charge in [-0.05, 0) is 36.1 Å². The van der Waals surface area contributed by atoms with Crippen molar-refractivity contribution in [2.75, 3.05) is 0 Å². The highest BCUT2D eigenvalue weighted by Gasteiger charge is 2.12. The van der Waals surface area contributed by atoms with E-state index < -0.39 is 0 Å². The average Bonchev–Trinajstić information content (AvgIpc) is 2.80. The molecule has 3 aromatic rings. The van der Waals surface area contributed by atoms with E-state index in [1.54, 1.807) is 11.1 Å². The molecule has 0 spiro atoms. The van der Waals surface area contributed by atoms with Crippen LogP contribution in [0.4, 0.5) is 0 Å². The topological polar surface area (TPSA) is 0 Å². The van der Waals surface area contributed by atoms with E-state index >= 15 is 0 Å². The number of hydrogen-bond acceptors (Lipinski definition) is 1. The highest BCUT2D eigenvalue weighted by molar-refractivity contribution is 7.25. The van der Waals surface area contributed by atoms with Crippen molar-refractivity contribution in [2.24, 2.45) is 0 Å². The molecule has 0 fully saturated rings. The second-order valence-corrected chi connectivity index (χ2v) is 6.26. The molecular weight excluding hydrogens is 248 g/mol. The molecule has 0 saturated heterocycles. The van der Waals surface area contributed by atoms with Crippen LogP contribution in [0.3, 0.4) is 0 Å². The number of fused-ring (bicyclic) bond motifs is 3. The van der Waals surface area contributed by atoms with Crippen LogP contribution in [-0.2, 0) is 12.8 Å². The Morgan fingerprint density at radius 3 is 2.42 bits per heavy atom. The van der Waals surface area contributed by atoms with Crippen LogP contribution in [0.1, 0.15) is 37.8 Å². The van der Waals surface area contributed by atoms with Crippen LogP contribution in [0.25, 0.3) is 20.2 Å². The van der Waals surface area contributed by atoms with Gasteiger partial charge in [-0.2, -0.15) is 0 Å². The first-order chi connectivity index (χ1) is 9.35. The monoisotopic (exact) mass is 268 g/mol. The highest BCUT2D eigenvalue weighted by Crippen LogP contribution is 2.37. The van der Waals surface area contributed by atoms with Gasteiger partial charge in [-0.15, -0.1) is 11.3 Å². The summed E-state index contributed by atoms with van der Waals surface area (Å²) in [6, 6.07) is 13.5. The predicted molar refractivity (Wildman–Crippen MR) is 87.3 cm³/mol. The fraction of sp³-hybridized carbons (Fsp3) is 0.333. The van der Waals surface area contributed by atoms with Crippen LogP contribution in [-0.4, -0.2) is 0 Å². The molecule has 1 heterocycles. The first-order valence-electron chi connectivity index (χ1n) is 7.27. The Morgan fingerprint density at radius 2 is 1.63 bits per heavy atom. The molecule has 0 N–H and O–H groups in total. The van der Waals surface area contributed by atoms with Crippen molar-refractivity contribution in [3.63, 3.8) is 0 Å². The van der Waals surface area contributed by atoms with Gasteiger partial charge in [0.2, 0.25) is 0 Å². The maximum atomic E-state index is 2.35. The molecule has 0 unspecified atom stereocenters. The lowest BCUT2D eigenvalue weighted by Crippen LogP contribution is -1.94. The molecule has 0 aliphatic heterocycles. The van der Waals surface area contributed by atoms with E-state index in [1.807, 2.05) is 11.3 Å². The fourth-order valence-electron chi connectivity index (χ4n) is 2.97. The first kappa shape index (κ1) is 12.7. The van der Waals surface area contributed by atoms with Crippen LogP contribution >= 0.6 is 11.3 Å². The Bertz CT molecular complexity index is 706. The standard InChI is InChI=1S/C18H20S/c1-3-7-13-11-12-17-18(14(13)8-4-2)15-9-5-6-10-16(15)19-17/h5-6,9-12H,3-4,7-8H2,1-2H3. The molecule has 0 nitrogen and oxygen atoms in total. The summed E-state index contributed by atoms with van der Waals surface area (Å²) in [5.41, 5.74) is 3.15. The third-order valence-corrected chi connectivity index (χ3v) is 4.90. The Hall–Kier alpha value is -1.34. The number of benzene rings is 2. The Kier molecular flexibility index (Phi) is 3.56. The Labute approximate surface area is 119 Å². The van der Waals surface area contributed by atoms with Crippen LogP contribution in [0.15, 0.2) is 36.4 Å². The molecule has 19 heavy (non-hydrogen) atoms. The van der Waals surface area contributed by atoms with E-state index in [1.165, 1.54) is 45.9 Å². The van der Waals surface area contributed by atoms with E-state index in [4.69, 9.17) is 0 Å². The SMILES string of the molecule is CCCc1ccc2sc3ccccc3c2c1CCC. The molecule has 1 aromatic heterocycles. The highest BCUT2D eigenvalue weighted by atomic mass is 32.1. The zero-order chi connectivity index (χ0) is 13.2. The molecule has 0 bridgehead atoms. The molecule has 98 valence electrons. The third kappa shape index (κ3) is 2.17. The lowest BCUT2D eigenvalue weighted by atomic mass is 9.95. The van der Waals surface area contributed by atoms with Gasteiger partial charge < -0.3 is 0 Å². The van der Waals surface area contributed by atoms with Gasteiger partial charge >= 0.3 is 0 Å². The minimum Gasteiger partial charge on any atom is -0.135 e. The van der Waals surface area contributed by atoms with Gasteiger partial charge in [-0.25, -0.2) is 0 Å². The Morgan fingerprint density at radius 1 is 0.842 bits per heavy atom. The summed E-state index contributed by atoms with van der Waals surface area (Å²) in [4.78, 5) is 0. The van der Waals surface area contributed by atoms with E-state index in [9.17, 15) is 0 Å². The fourth-order valence-corrected chi connectivity index (χ4v) is 4.10. The third-order valence-electron chi connectivity index (χ3n) is 3.77. The number of hydrogen-bond donors (Lipinski definition) is 0. The number of aryl methyl sites for hydroxylation is 2. The van der Waals surface area contributed by atoms with Gasteiger partial charge in [0, 0.05) is 20.2 Å². The molecule has 0 aliphatic rings. The normalized spacial score (nSPS) is 11.5. The molecule has 3 rings (SSSR count). The summed E-state index contributed by atoms with van der Waals surface area (Å²) in [7, 11) is 0. The first-order valence-corrected chi connectivity index (χ1v) is 8.08. The second-order valence-electron chi connectivity index (χ2n) is 5.17.